The van der Waals surface area contributed by atoms with Crippen molar-refractivity contribution in [2.45, 2.75) is 11.6 Å². The van der Waals surface area contributed by atoms with E-state index in [0.717, 1.165) is 16.8 Å². The molecule has 1 unspecified atom stereocenters. The first-order valence-corrected chi connectivity index (χ1v) is 8.87. The van der Waals surface area contributed by atoms with Gasteiger partial charge in [-0.05, 0) is 17.2 Å². The van der Waals surface area contributed by atoms with E-state index >= 15 is 0 Å². The number of ether oxygens (including phenoxy) is 1. The summed E-state index contributed by atoms with van der Waals surface area (Å²) < 4.78 is 5.46. The smallest absolute Gasteiger partial charge is 0.240 e. The number of halogens is 1. The number of morpholine rings is 1. The topological polar surface area (TPSA) is 44.8 Å². The number of alkyl halides is 1. The van der Waals surface area contributed by atoms with Crippen molar-refractivity contribution >= 4 is 23.2 Å². The fourth-order valence-electron chi connectivity index (χ4n) is 3.52. The molecule has 0 radical (unpaired) electrons. The van der Waals surface area contributed by atoms with E-state index in [1.54, 1.807) is 0 Å². The van der Waals surface area contributed by atoms with Gasteiger partial charge in [-0.15, -0.1) is 0 Å². The summed E-state index contributed by atoms with van der Waals surface area (Å²) in [5.74, 6) is -0.0245. The van der Waals surface area contributed by atoms with E-state index in [2.05, 4.69) is 33.5 Å². The van der Waals surface area contributed by atoms with Gasteiger partial charge in [0.25, 0.3) is 0 Å². The van der Waals surface area contributed by atoms with Crippen LogP contribution in [0.15, 0.2) is 54.6 Å². The van der Waals surface area contributed by atoms with E-state index in [1.807, 2.05) is 36.4 Å². The van der Waals surface area contributed by atoms with Crippen molar-refractivity contribution < 1.29 is 9.53 Å². The van der Waals surface area contributed by atoms with Gasteiger partial charge in [0.05, 0.1) is 25.7 Å². The van der Waals surface area contributed by atoms with Crippen LogP contribution < -0.4 is 5.32 Å². The van der Waals surface area contributed by atoms with Crippen molar-refractivity contribution in [1.82, 2.24) is 10.0 Å². The van der Waals surface area contributed by atoms with E-state index in [9.17, 15) is 4.79 Å². The molecular formula is C19H20ClN3O2. The maximum atomic E-state index is 12.5. The van der Waals surface area contributed by atoms with E-state index in [1.165, 1.54) is 0 Å². The van der Waals surface area contributed by atoms with Gasteiger partial charge >= 0.3 is 0 Å². The van der Waals surface area contributed by atoms with Crippen LogP contribution in [0.3, 0.4) is 0 Å². The number of carbonyl (C=O) groups excluding carboxylic acids is 1. The molecular weight excluding hydrogens is 338 g/mol. The number of nitrogens with one attached hydrogen (secondary N) is 1. The number of benzene rings is 2. The van der Waals surface area contributed by atoms with Gasteiger partial charge in [0, 0.05) is 12.2 Å². The molecule has 2 aromatic carbocycles. The molecule has 2 aliphatic rings. The van der Waals surface area contributed by atoms with Crippen molar-refractivity contribution in [3.8, 4) is 0 Å². The highest BCUT2D eigenvalue weighted by Crippen LogP contribution is 2.36. The quantitative estimate of drug-likeness (QED) is 0.839. The van der Waals surface area contributed by atoms with Gasteiger partial charge in [-0.25, -0.2) is 10.0 Å². The average Bonchev–Trinajstić information content (AvgIpc) is 2.78. The molecule has 0 spiro atoms. The number of anilines is 1. The van der Waals surface area contributed by atoms with Crippen LogP contribution in [0.25, 0.3) is 0 Å². The second kappa shape index (κ2) is 7.14. The van der Waals surface area contributed by atoms with Gasteiger partial charge in [-0.2, -0.15) is 0 Å². The molecule has 1 fully saturated rings. The number of rotatable bonds is 2. The van der Waals surface area contributed by atoms with Gasteiger partial charge in [0.15, 0.2) is 0 Å². The molecule has 2 aromatic rings. The summed E-state index contributed by atoms with van der Waals surface area (Å²) in [4.78, 5) is 12.5. The Bertz CT molecular complexity index is 755. The van der Waals surface area contributed by atoms with E-state index in [-0.39, 0.29) is 24.1 Å². The maximum Gasteiger partial charge on any atom is 0.240 e. The zero-order chi connectivity index (χ0) is 17.2. The Morgan fingerprint density at radius 3 is 2.64 bits per heavy atom. The standard InChI is InChI=1S/C19H20ClN3O2/c20-17-12-22(10-11-25-17)23-13-18(24)21-16-9-5-4-8-15(16)19(23)14-6-2-1-3-7-14/h1-9,17,19H,10-13H2,(H,21,24)/t17-,19?/m1/s1. The molecule has 1 amide bonds. The first-order valence-electron chi connectivity index (χ1n) is 8.43. The first-order chi connectivity index (χ1) is 12.2. The Kier molecular flexibility index (Phi) is 4.72. The summed E-state index contributed by atoms with van der Waals surface area (Å²) in [5, 5.41) is 7.29. The molecule has 5 nitrogen and oxygen atoms in total. The number of hydrogen-bond acceptors (Lipinski definition) is 4. The SMILES string of the molecule is O=C1CN(N2CCO[C@@H](Cl)C2)C(c2ccccc2)c2ccccc2N1. The fraction of sp³-hybridized carbons (Fsp3) is 0.316. The molecule has 0 aromatic heterocycles. The monoisotopic (exact) mass is 357 g/mol. The molecule has 0 bridgehead atoms. The largest absolute Gasteiger partial charge is 0.360 e. The Morgan fingerprint density at radius 2 is 1.84 bits per heavy atom. The third-order valence-electron chi connectivity index (χ3n) is 4.61. The molecule has 2 aliphatic heterocycles. The summed E-state index contributed by atoms with van der Waals surface area (Å²) in [6.45, 7) is 2.09. The molecule has 1 N–H and O–H groups in total. The molecule has 0 saturated carbocycles. The number of carbonyl (C=O) groups is 1. The van der Waals surface area contributed by atoms with Gasteiger partial charge in [0.1, 0.15) is 5.56 Å². The lowest BCUT2D eigenvalue weighted by atomic mass is 9.97. The molecule has 0 aliphatic carbocycles. The van der Waals surface area contributed by atoms with Gasteiger partial charge < -0.3 is 10.1 Å². The second-order valence-corrected chi connectivity index (χ2v) is 6.73. The summed E-state index contributed by atoms with van der Waals surface area (Å²) in [7, 11) is 0. The minimum Gasteiger partial charge on any atom is -0.360 e. The molecule has 2 heterocycles. The number of amides is 1. The minimum atomic E-state index is -0.369. The van der Waals surface area contributed by atoms with Crippen LogP contribution in [0.4, 0.5) is 5.69 Å². The van der Waals surface area contributed by atoms with Crippen LogP contribution in [-0.2, 0) is 9.53 Å². The van der Waals surface area contributed by atoms with Crippen molar-refractivity contribution in [3.05, 3.63) is 65.7 Å². The zero-order valence-electron chi connectivity index (χ0n) is 13.8. The number of fused-ring (bicyclic) bond motifs is 1. The molecule has 6 heteroatoms. The van der Waals surface area contributed by atoms with Crippen LogP contribution >= 0.6 is 11.6 Å². The maximum absolute atomic E-state index is 12.5. The number of hydrazine groups is 1. The summed E-state index contributed by atoms with van der Waals surface area (Å²) in [6, 6.07) is 18.2. The Balaban J connectivity index is 1.81. The van der Waals surface area contributed by atoms with Crippen LogP contribution in [0.2, 0.25) is 0 Å². The highest BCUT2D eigenvalue weighted by molar-refractivity contribution is 6.19. The number of hydrogen-bond donors (Lipinski definition) is 1. The summed E-state index contributed by atoms with van der Waals surface area (Å²) in [6.07, 6.45) is 0. The highest BCUT2D eigenvalue weighted by atomic mass is 35.5. The van der Waals surface area contributed by atoms with E-state index in [4.69, 9.17) is 16.3 Å². The third-order valence-corrected chi connectivity index (χ3v) is 4.88. The second-order valence-electron chi connectivity index (χ2n) is 6.24. The first kappa shape index (κ1) is 16.5. The molecule has 4 rings (SSSR count). The Hall–Kier alpha value is -1.92. The lowest BCUT2D eigenvalue weighted by Gasteiger charge is -2.42. The van der Waals surface area contributed by atoms with Gasteiger partial charge in [0.2, 0.25) is 5.91 Å². The van der Waals surface area contributed by atoms with E-state index < -0.39 is 0 Å². The number of nitrogens with zero attached hydrogens (tertiary/aromatic N) is 2. The van der Waals surface area contributed by atoms with Crippen LogP contribution in [0.5, 0.6) is 0 Å². The predicted molar refractivity (Wildman–Crippen MR) is 97.2 cm³/mol. The highest BCUT2D eigenvalue weighted by Gasteiger charge is 2.35. The summed E-state index contributed by atoms with van der Waals surface area (Å²) >= 11 is 6.21. The summed E-state index contributed by atoms with van der Waals surface area (Å²) in [5.41, 5.74) is 2.72. The lowest BCUT2D eigenvalue weighted by molar-refractivity contribution is -0.136. The van der Waals surface area contributed by atoms with Crippen LogP contribution in [0.1, 0.15) is 17.2 Å². The Labute approximate surface area is 152 Å². The number of para-hydroxylation sites is 1. The van der Waals surface area contributed by atoms with Gasteiger partial charge in [-0.3, -0.25) is 4.79 Å². The fourth-order valence-corrected chi connectivity index (χ4v) is 3.77. The van der Waals surface area contributed by atoms with Crippen molar-refractivity contribution in [2.75, 3.05) is 31.6 Å². The minimum absolute atomic E-state index is 0.0245. The third kappa shape index (κ3) is 3.41. The van der Waals surface area contributed by atoms with E-state index in [0.29, 0.717) is 19.7 Å². The molecule has 1 saturated heterocycles. The molecule has 25 heavy (non-hydrogen) atoms. The lowest BCUT2D eigenvalue weighted by Crippen LogP contribution is -2.53. The van der Waals surface area contributed by atoms with Crippen molar-refractivity contribution in [2.24, 2.45) is 0 Å². The molecule has 2 atom stereocenters. The van der Waals surface area contributed by atoms with Crippen molar-refractivity contribution in [1.29, 1.82) is 0 Å². The van der Waals surface area contributed by atoms with Gasteiger partial charge in [-0.1, -0.05) is 60.1 Å². The Morgan fingerprint density at radius 1 is 1.08 bits per heavy atom. The van der Waals surface area contributed by atoms with Crippen LogP contribution in [0, 0.1) is 0 Å². The van der Waals surface area contributed by atoms with Crippen LogP contribution in [-0.4, -0.2) is 47.7 Å². The normalized spacial score (nSPS) is 25.1. The predicted octanol–water partition coefficient (Wildman–Crippen LogP) is 2.84. The zero-order valence-corrected chi connectivity index (χ0v) is 14.5. The van der Waals surface area contributed by atoms with Crippen molar-refractivity contribution in [3.63, 3.8) is 0 Å². The molecule has 130 valence electrons. The average molecular weight is 358 g/mol.